The molecule has 0 unspecified atom stereocenters. The molecule has 0 saturated carbocycles. The second kappa shape index (κ2) is 5.95. The van der Waals surface area contributed by atoms with Gasteiger partial charge in [-0.25, -0.2) is 9.37 Å². The lowest BCUT2D eigenvalue weighted by Crippen LogP contribution is -2.35. The first-order valence-electron chi connectivity index (χ1n) is 6.43. The van der Waals surface area contributed by atoms with Crippen molar-refractivity contribution < 1.29 is 4.39 Å². The zero-order chi connectivity index (χ0) is 13.0. The van der Waals surface area contributed by atoms with Crippen LogP contribution in [0.4, 0.5) is 16.2 Å². The molecule has 0 amide bonds. The minimum absolute atomic E-state index is 0.0969. The molecule has 1 aliphatic heterocycles. The summed E-state index contributed by atoms with van der Waals surface area (Å²) < 4.78 is 13.4. The standard InChI is InChI=1S/C12H20FN5/c1-2-18-5-3-9(4-6-18)7-15-11-10(13)8-16-12(14)17-11/h8-9H,2-7H2,1H3,(H3,14,15,16,17). The van der Waals surface area contributed by atoms with E-state index in [1.807, 2.05) is 0 Å². The van der Waals surface area contributed by atoms with E-state index in [-0.39, 0.29) is 11.8 Å². The van der Waals surface area contributed by atoms with Gasteiger partial charge in [0.05, 0.1) is 6.20 Å². The average Bonchev–Trinajstić information content (AvgIpc) is 2.40. The maximum absolute atomic E-state index is 13.4. The maximum Gasteiger partial charge on any atom is 0.222 e. The Labute approximate surface area is 107 Å². The zero-order valence-electron chi connectivity index (χ0n) is 10.7. The molecule has 0 spiro atoms. The summed E-state index contributed by atoms with van der Waals surface area (Å²) in [6.07, 6.45) is 3.39. The highest BCUT2D eigenvalue weighted by Gasteiger charge is 2.18. The lowest BCUT2D eigenvalue weighted by atomic mass is 9.97. The number of nitrogens with two attached hydrogens (primary N) is 1. The number of piperidine rings is 1. The Balaban J connectivity index is 1.83. The van der Waals surface area contributed by atoms with Crippen LogP contribution in [0.2, 0.25) is 0 Å². The molecule has 1 aliphatic rings. The number of rotatable bonds is 4. The Bertz CT molecular complexity index is 390. The van der Waals surface area contributed by atoms with E-state index >= 15 is 0 Å². The average molecular weight is 253 g/mol. The van der Waals surface area contributed by atoms with E-state index in [1.54, 1.807) is 0 Å². The van der Waals surface area contributed by atoms with Crippen LogP contribution in [0, 0.1) is 11.7 Å². The molecule has 2 heterocycles. The molecule has 1 saturated heterocycles. The van der Waals surface area contributed by atoms with Gasteiger partial charge in [-0.05, 0) is 38.4 Å². The summed E-state index contributed by atoms with van der Waals surface area (Å²) in [5, 5.41) is 3.03. The monoisotopic (exact) mass is 253 g/mol. The Morgan fingerprint density at radius 2 is 2.22 bits per heavy atom. The minimum atomic E-state index is -0.449. The highest BCUT2D eigenvalue weighted by Crippen LogP contribution is 2.18. The quantitative estimate of drug-likeness (QED) is 0.847. The number of nitrogen functional groups attached to an aromatic ring is 1. The second-order valence-corrected chi connectivity index (χ2v) is 4.68. The third kappa shape index (κ3) is 3.29. The molecule has 1 aromatic heterocycles. The minimum Gasteiger partial charge on any atom is -0.368 e. The van der Waals surface area contributed by atoms with Gasteiger partial charge in [-0.3, -0.25) is 0 Å². The molecule has 0 radical (unpaired) electrons. The number of hydrogen-bond donors (Lipinski definition) is 2. The Morgan fingerprint density at radius 1 is 1.50 bits per heavy atom. The molecule has 6 heteroatoms. The summed E-state index contributed by atoms with van der Waals surface area (Å²) in [6.45, 7) is 6.27. The van der Waals surface area contributed by atoms with E-state index in [0.29, 0.717) is 5.92 Å². The van der Waals surface area contributed by atoms with Crippen LogP contribution in [0.3, 0.4) is 0 Å². The van der Waals surface area contributed by atoms with Gasteiger partial charge in [0.2, 0.25) is 5.95 Å². The van der Waals surface area contributed by atoms with Crippen LogP contribution in [0.1, 0.15) is 19.8 Å². The molecule has 100 valence electrons. The lowest BCUT2D eigenvalue weighted by molar-refractivity contribution is 0.198. The second-order valence-electron chi connectivity index (χ2n) is 4.68. The topological polar surface area (TPSA) is 67.1 Å². The normalized spacial score (nSPS) is 17.9. The number of likely N-dealkylation sites (tertiary alicyclic amines) is 1. The number of nitrogens with zero attached hydrogens (tertiary/aromatic N) is 3. The van der Waals surface area contributed by atoms with Gasteiger partial charge in [0, 0.05) is 6.54 Å². The summed E-state index contributed by atoms with van der Waals surface area (Å²) in [6, 6.07) is 0. The number of aromatic nitrogens is 2. The fraction of sp³-hybridized carbons (Fsp3) is 0.667. The van der Waals surface area contributed by atoms with Crippen molar-refractivity contribution in [3.8, 4) is 0 Å². The van der Waals surface area contributed by atoms with Crippen molar-refractivity contribution in [1.82, 2.24) is 14.9 Å². The summed E-state index contributed by atoms with van der Waals surface area (Å²) in [7, 11) is 0. The first-order chi connectivity index (χ1) is 8.69. The molecule has 2 rings (SSSR count). The summed E-state index contributed by atoms with van der Waals surface area (Å²) in [4.78, 5) is 9.89. The van der Waals surface area contributed by atoms with Crippen LogP contribution in [0.5, 0.6) is 0 Å². The van der Waals surface area contributed by atoms with Crippen LogP contribution in [0.15, 0.2) is 6.20 Å². The number of halogens is 1. The van der Waals surface area contributed by atoms with Crippen LogP contribution in [0.25, 0.3) is 0 Å². The molecule has 1 aromatic rings. The first kappa shape index (κ1) is 13.0. The van der Waals surface area contributed by atoms with E-state index in [1.165, 1.54) is 0 Å². The Morgan fingerprint density at radius 3 is 2.89 bits per heavy atom. The van der Waals surface area contributed by atoms with E-state index < -0.39 is 5.82 Å². The molecule has 0 aromatic carbocycles. The molecule has 0 bridgehead atoms. The van der Waals surface area contributed by atoms with Crippen molar-refractivity contribution >= 4 is 11.8 Å². The van der Waals surface area contributed by atoms with E-state index in [4.69, 9.17) is 5.73 Å². The Kier molecular flexibility index (Phi) is 4.30. The predicted molar refractivity (Wildman–Crippen MR) is 69.7 cm³/mol. The van der Waals surface area contributed by atoms with E-state index in [0.717, 1.165) is 45.2 Å². The van der Waals surface area contributed by atoms with Gasteiger partial charge in [-0.1, -0.05) is 6.92 Å². The smallest absolute Gasteiger partial charge is 0.222 e. The fourth-order valence-corrected chi connectivity index (χ4v) is 2.25. The summed E-state index contributed by atoms with van der Waals surface area (Å²) in [5.74, 6) is 0.429. The van der Waals surface area contributed by atoms with Crippen molar-refractivity contribution in [2.45, 2.75) is 19.8 Å². The number of hydrogen-bond acceptors (Lipinski definition) is 5. The van der Waals surface area contributed by atoms with Crippen molar-refractivity contribution in [3.63, 3.8) is 0 Å². The van der Waals surface area contributed by atoms with Crippen LogP contribution >= 0.6 is 0 Å². The number of nitrogens with one attached hydrogen (secondary N) is 1. The third-order valence-corrected chi connectivity index (χ3v) is 3.48. The van der Waals surface area contributed by atoms with Crippen molar-refractivity contribution in [2.75, 3.05) is 37.2 Å². The van der Waals surface area contributed by atoms with Crippen molar-refractivity contribution in [1.29, 1.82) is 0 Å². The molecule has 1 fully saturated rings. The first-order valence-corrected chi connectivity index (χ1v) is 6.43. The molecule has 18 heavy (non-hydrogen) atoms. The molecular weight excluding hydrogens is 233 g/mol. The lowest BCUT2D eigenvalue weighted by Gasteiger charge is -2.31. The zero-order valence-corrected chi connectivity index (χ0v) is 10.7. The SMILES string of the molecule is CCN1CCC(CNc2nc(N)ncc2F)CC1. The van der Waals surface area contributed by atoms with Crippen molar-refractivity contribution in [3.05, 3.63) is 12.0 Å². The molecule has 0 aliphatic carbocycles. The predicted octanol–water partition coefficient (Wildman–Crippen LogP) is 1.34. The maximum atomic E-state index is 13.4. The summed E-state index contributed by atoms with van der Waals surface area (Å²) >= 11 is 0. The van der Waals surface area contributed by atoms with Gasteiger partial charge >= 0.3 is 0 Å². The van der Waals surface area contributed by atoms with Crippen LogP contribution in [-0.4, -0.2) is 41.0 Å². The van der Waals surface area contributed by atoms with Gasteiger partial charge in [-0.2, -0.15) is 4.98 Å². The number of anilines is 2. The molecular formula is C12H20FN5. The van der Waals surface area contributed by atoms with Gasteiger partial charge in [0.25, 0.3) is 0 Å². The van der Waals surface area contributed by atoms with Crippen molar-refractivity contribution in [2.24, 2.45) is 5.92 Å². The van der Waals surface area contributed by atoms with E-state index in [9.17, 15) is 4.39 Å². The Hall–Kier alpha value is -1.43. The third-order valence-electron chi connectivity index (χ3n) is 3.48. The van der Waals surface area contributed by atoms with Gasteiger partial charge in [0.1, 0.15) is 0 Å². The molecule has 0 atom stereocenters. The fourth-order valence-electron chi connectivity index (χ4n) is 2.25. The van der Waals surface area contributed by atoms with Crippen LogP contribution < -0.4 is 11.1 Å². The molecule has 3 N–H and O–H groups in total. The van der Waals surface area contributed by atoms with E-state index in [2.05, 4.69) is 27.1 Å². The van der Waals surface area contributed by atoms with Gasteiger partial charge < -0.3 is 16.0 Å². The van der Waals surface area contributed by atoms with Gasteiger partial charge in [-0.15, -0.1) is 0 Å². The van der Waals surface area contributed by atoms with Gasteiger partial charge in [0.15, 0.2) is 11.6 Å². The highest BCUT2D eigenvalue weighted by molar-refractivity contribution is 5.39. The summed E-state index contributed by atoms with van der Waals surface area (Å²) in [5.41, 5.74) is 5.44. The molecule has 5 nitrogen and oxygen atoms in total. The van der Waals surface area contributed by atoms with Crippen LogP contribution in [-0.2, 0) is 0 Å². The largest absolute Gasteiger partial charge is 0.368 e. The highest BCUT2D eigenvalue weighted by atomic mass is 19.1.